The van der Waals surface area contributed by atoms with E-state index in [2.05, 4.69) is 10.1 Å². The van der Waals surface area contributed by atoms with Gasteiger partial charge in [0.15, 0.2) is 0 Å². The fourth-order valence-electron chi connectivity index (χ4n) is 1.16. The van der Waals surface area contributed by atoms with Gasteiger partial charge in [-0.15, -0.1) is 0 Å². The van der Waals surface area contributed by atoms with Gasteiger partial charge in [0.1, 0.15) is 6.33 Å². The van der Waals surface area contributed by atoms with Gasteiger partial charge in [-0.3, -0.25) is 4.79 Å². The molecule has 1 aromatic rings. The number of aromatic carboxylic acids is 1. The summed E-state index contributed by atoms with van der Waals surface area (Å²) in [5.41, 5.74) is 0. The summed E-state index contributed by atoms with van der Waals surface area (Å²) in [5.74, 6) is -3.75. The summed E-state index contributed by atoms with van der Waals surface area (Å²) in [5, 5.41) is 12.2. The minimum atomic E-state index is -4.95. The predicted molar refractivity (Wildman–Crippen MR) is 50.7 cm³/mol. The zero-order valence-corrected chi connectivity index (χ0v) is 9.18. The molecule has 1 heterocycles. The van der Waals surface area contributed by atoms with Crippen LogP contribution in [0, 0.1) is 0 Å². The molecule has 0 aliphatic carbocycles. The second-order valence-electron chi connectivity index (χ2n) is 3.34. The van der Waals surface area contributed by atoms with E-state index in [9.17, 15) is 22.8 Å². The van der Waals surface area contributed by atoms with Crippen molar-refractivity contribution in [2.75, 3.05) is 13.6 Å². The lowest BCUT2D eigenvalue weighted by atomic mass is 10.4. The SMILES string of the molecule is CN(CCn1ncnc1C(=O)O)C(=O)C(F)(F)F. The predicted octanol–water partition coefficient (Wildman–Crippen LogP) is -0.00300. The monoisotopic (exact) mass is 266 g/mol. The largest absolute Gasteiger partial charge is 0.475 e. The highest BCUT2D eigenvalue weighted by atomic mass is 19.4. The van der Waals surface area contributed by atoms with Crippen LogP contribution in [0.1, 0.15) is 10.6 Å². The Bertz CT molecular complexity index is 457. The van der Waals surface area contributed by atoms with Crippen molar-refractivity contribution in [3.63, 3.8) is 0 Å². The number of nitrogens with zero attached hydrogens (tertiary/aromatic N) is 4. The quantitative estimate of drug-likeness (QED) is 0.828. The molecule has 0 saturated carbocycles. The highest BCUT2D eigenvalue weighted by molar-refractivity contribution is 5.83. The average molecular weight is 266 g/mol. The summed E-state index contributed by atoms with van der Waals surface area (Å²) in [6.45, 7) is -0.526. The van der Waals surface area contributed by atoms with Crippen molar-refractivity contribution in [2.24, 2.45) is 0 Å². The molecule has 1 N–H and O–H groups in total. The van der Waals surface area contributed by atoms with Crippen molar-refractivity contribution in [2.45, 2.75) is 12.7 Å². The third kappa shape index (κ3) is 3.18. The Hall–Kier alpha value is -2.13. The number of hydrogen-bond acceptors (Lipinski definition) is 4. The Labute approximate surface area is 98.8 Å². The smallest absolute Gasteiger partial charge is 0.471 e. The van der Waals surface area contributed by atoms with E-state index >= 15 is 0 Å². The summed E-state index contributed by atoms with van der Waals surface area (Å²) in [7, 11) is 0.965. The van der Waals surface area contributed by atoms with Crippen LogP contribution in [0.3, 0.4) is 0 Å². The van der Waals surface area contributed by atoms with Crippen molar-refractivity contribution in [1.29, 1.82) is 0 Å². The third-order valence-corrected chi connectivity index (χ3v) is 2.04. The number of carbonyl (C=O) groups excluding carboxylic acids is 1. The Morgan fingerprint density at radius 2 is 2.11 bits per heavy atom. The molecule has 0 spiro atoms. The van der Waals surface area contributed by atoms with Crippen LogP contribution in [-0.4, -0.2) is 56.4 Å². The molecular formula is C8H9F3N4O3. The molecule has 0 unspecified atom stereocenters. The summed E-state index contributed by atoms with van der Waals surface area (Å²) in [4.78, 5) is 25.3. The number of hydrogen-bond donors (Lipinski definition) is 1. The molecular weight excluding hydrogens is 257 g/mol. The standard InChI is InChI=1S/C8H9F3N4O3/c1-14(7(18)8(9,10)11)2-3-15-5(6(16)17)12-4-13-15/h4H,2-3H2,1H3,(H,16,17). The lowest BCUT2D eigenvalue weighted by molar-refractivity contribution is -0.184. The lowest BCUT2D eigenvalue weighted by Gasteiger charge is -2.18. The number of rotatable bonds is 4. The molecule has 0 saturated heterocycles. The molecule has 7 nitrogen and oxygen atoms in total. The summed E-state index contributed by atoms with van der Waals surface area (Å²) in [6, 6.07) is 0. The first-order valence-electron chi connectivity index (χ1n) is 4.67. The number of carboxylic acid groups (broad SMARTS) is 1. The fourth-order valence-corrected chi connectivity index (χ4v) is 1.16. The van der Waals surface area contributed by atoms with Gasteiger partial charge in [-0.1, -0.05) is 0 Å². The van der Waals surface area contributed by atoms with Gasteiger partial charge in [0.05, 0.1) is 6.54 Å². The first-order chi connectivity index (χ1) is 8.23. The number of likely N-dealkylation sites (N-methyl/N-ethyl adjacent to an activating group) is 1. The molecule has 0 aromatic carbocycles. The molecule has 18 heavy (non-hydrogen) atoms. The molecule has 100 valence electrons. The Morgan fingerprint density at radius 3 is 2.61 bits per heavy atom. The highest BCUT2D eigenvalue weighted by Crippen LogP contribution is 2.17. The highest BCUT2D eigenvalue weighted by Gasteiger charge is 2.41. The lowest BCUT2D eigenvalue weighted by Crippen LogP contribution is -2.40. The number of alkyl halides is 3. The van der Waals surface area contributed by atoms with E-state index in [0.717, 1.165) is 18.1 Å². The van der Waals surface area contributed by atoms with Crippen LogP contribution in [0.5, 0.6) is 0 Å². The van der Waals surface area contributed by atoms with Crippen molar-refractivity contribution in [3.8, 4) is 0 Å². The minimum absolute atomic E-state index is 0.194. The maximum Gasteiger partial charge on any atom is 0.471 e. The molecule has 0 atom stereocenters. The number of aromatic nitrogens is 3. The molecule has 0 aliphatic heterocycles. The first-order valence-corrected chi connectivity index (χ1v) is 4.67. The summed E-state index contributed by atoms with van der Waals surface area (Å²) >= 11 is 0. The van der Waals surface area contributed by atoms with E-state index in [0.29, 0.717) is 4.90 Å². The van der Waals surface area contributed by atoms with Crippen LogP contribution in [-0.2, 0) is 11.3 Å². The second kappa shape index (κ2) is 5.02. The van der Waals surface area contributed by atoms with Gasteiger partial charge in [0.2, 0.25) is 5.82 Å². The first kappa shape index (κ1) is 13.9. The van der Waals surface area contributed by atoms with E-state index in [1.165, 1.54) is 0 Å². The van der Waals surface area contributed by atoms with Crippen molar-refractivity contribution in [1.82, 2.24) is 19.7 Å². The molecule has 0 fully saturated rings. The van der Waals surface area contributed by atoms with Gasteiger partial charge in [-0.05, 0) is 0 Å². The van der Waals surface area contributed by atoms with Crippen LogP contribution < -0.4 is 0 Å². The van der Waals surface area contributed by atoms with E-state index < -0.39 is 23.9 Å². The maximum absolute atomic E-state index is 12.1. The third-order valence-electron chi connectivity index (χ3n) is 2.04. The van der Waals surface area contributed by atoms with Crippen LogP contribution in [0.25, 0.3) is 0 Å². The molecule has 10 heteroatoms. The minimum Gasteiger partial charge on any atom is -0.475 e. The van der Waals surface area contributed by atoms with Gasteiger partial charge in [-0.2, -0.15) is 18.3 Å². The summed E-state index contributed by atoms with van der Waals surface area (Å²) in [6.07, 6.45) is -3.98. The molecule has 1 amide bonds. The maximum atomic E-state index is 12.1. The Balaban J connectivity index is 2.63. The number of carboxylic acids is 1. The summed E-state index contributed by atoms with van der Waals surface area (Å²) < 4.78 is 37.1. The van der Waals surface area contributed by atoms with Gasteiger partial charge < -0.3 is 10.0 Å². The number of carbonyl (C=O) groups is 2. The van der Waals surface area contributed by atoms with E-state index in [1.54, 1.807) is 0 Å². The number of amides is 1. The molecule has 0 aliphatic rings. The van der Waals surface area contributed by atoms with Crippen molar-refractivity contribution >= 4 is 11.9 Å². The molecule has 1 aromatic heterocycles. The van der Waals surface area contributed by atoms with Crippen LogP contribution in [0.15, 0.2) is 6.33 Å². The Morgan fingerprint density at radius 1 is 1.50 bits per heavy atom. The normalized spacial score (nSPS) is 11.3. The second-order valence-corrected chi connectivity index (χ2v) is 3.34. The fraction of sp³-hybridized carbons (Fsp3) is 0.500. The molecule has 0 bridgehead atoms. The van der Waals surface area contributed by atoms with Gasteiger partial charge in [0, 0.05) is 13.6 Å². The molecule has 0 radical (unpaired) electrons. The van der Waals surface area contributed by atoms with Gasteiger partial charge in [-0.25, -0.2) is 14.5 Å². The van der Waals surface area contributed by atoms with Gasteiger partial charge in [0.25, 0.3) is 0 Å². The van der Waals surface area contributed by atoms with Crippen LogP contribution in [0.2, 0.25) is 0 Å². The van der Waals surface area contributed by atoms with Gasteiger partial charge >= 0.3 is 18.1 Å². The zero-order valence-electron chi connectivity index (χ0n) is 9.18. The van der Waals surface area contributed by atoms with E-state index in [-0.39, 0.29) is 13.1 Å². The number of halogens is 3. The van der Waals surface area contributed by atoms with Crippen molar-refractivity contribution < 1.29 is 27.9 Å². The van der Waals surface area contributed by atoms with E-state index in [1.807, 2.05) is 0 Å². The zero-order chi connectivity index (χ0) is 13.9. The van der Waals surface area contributed by atoms with Crippen molar-refractivity contribution in [3.05, 3.63) is 12.2 Å². The molecule has 1 rings (SSSR count). The van der Waals surface area contributed by atoms with E-state index in [4.69, 9.17) is 5.11 Å². The Kier molecular flexibility index (Phi) is 3.89. The average Bonchev–Trinajstić information content (AvgIpc) is 2.71. The van der Waals surface area contributed by atoms with Crippen LogP contribution in [0.4, 0.5) is 13.2 Å². The topological polar surface area (TPSA) is 88.3 Å². The van der Waals surface area contributed by atoms with Crippen LogP contribution >= 0.6 is 0 Å².